The normalized spacial score (nSPS) is 12.2. The molecule has 3 N–H and O–H groups in total. The molecule has 10 heteroatoms. The maximum absolute atomic E-state index is 12.6. The van der Waals surface area contributed by atoms with Gasteiger partial charge in [-0.05, 0) is 35.9 Å². The second-order valence-corrected chi connectivity index (χ2v) is 8.55. The zero-order chi connectivity index (χ0) is 22.6. The first kappa shape index (κ1) is 21.3. The predicted molar refractivity (Wildman–Crippen MR) is 114 cm³/mol. The summed E-state index contributed by atoms with van der Waals surface area (Å²) in [5, 5.41) is 0. The number of ether oxygens (including phenoxy) is 2. The molecule has 164 valence electrons. The summed E-state index contributed by atoms with van der Waals surface area (Å²) >= 11 is 0. The summed E-state index contributed by atoms with van der Waals surface area (Å²) in [6.45, 7) is 0.119. The Hall–Kier alpha value is -3.89. The van der Waals surface area contributed by atoms with Gasteiger partial charge in [0.1, 0.15) is 0 Å². The number of sulfonamides is 1. The smallest absolute Gasteiger partial charge is 0.273 e. The lowest BCUT2D eigenvalue weighted by Crippen LogP contribution is -2.41. The minimum Gasteiger partial charge on any atom is -0.454 e. The SMILES string of the molecule is O=C(NNC(=O)c1cccc2c1OCO2)c1cccc(S(=O)(=O)NCc2ccccc2)c1. The molecule has 0 aliphatic carbocycles. The highest BCUT2D eigenvalue weighted by Crippen LogP contribution is 2.35. The molecule has 0 aromatic heterocycles. The molecule has 3 aromatic carbocycles. The summed E-state index contributed by atoms with van der Waals surface area (Å²) in [5.41, 5.74) is 5.62. The number of hydrazine groups is 1. The van der Waals surface area contributed by atoms with Crippen LogP contribution < -0.4 is 25.0 Å². The lowest BCUT2D eigenvalue weighted by molar-refractivity contribution is 0.0844. The van der Waals surface area contributed by atoms with Crippen LogP contribution in [0.2, 0.25) is 0 Å². The number of hydrogen-bond donors (Lipinski definition) is 3. The average molecular weight is 453 g/mol. The van der Waals surface area contributed by atoms with Crippen molar-refractivity contribution in [3.05, 3.63) is 89.5 Å². The summed E-state index contributed by atoms with van der Waals surface area (Å²) in [5.74, 6) is -0.557. The van der Waals surface area contributed by atoms with Crippen molar-refractivity contribution in [2.45, 2.75) is 11.4 Å². The van der Waals surface area contributed by atoms with Crippen LogP contribution in [0.3, 0.4) is 0 Å². The zero-order valence-electron chi connectivity index (χ0n) is 16.7. The predicted octanol–water partition coefficient (Wildman–Crippen LogP) is 1.97. The topological polar surface area (TPSA) is 123 Å². The Labute approximate surface area is 184 Å². The van der Waals surface area contributed by atoms with E-state index in [4.69, 9.17) is 9.47 Å². The first-order valence-corrected chi connectivity index (χ1v) is 11.1. The van der Waals surface area contributed by atoms with E-state index in [2.05, 4.69) is 15.6 Å². The minimum atomic E-state index is -3.84. The lowest BCUT2D eigenvalue weighted by Gasteiger charge is -2.11. The van der Waals surface area contributed by atoms with Gasteiger partial charge < -0.3 is 9.47 Å². The molecule has 1 aliphatic rings. The van der Waals surface area contributed by atoms with Crippen LogP contribution in [0.15, 0.2) is 77.7 Å². The van der Waals surface area contributed by atoms with Crippen molar-refractivity contribution >= 4 is 21.8 Å². The van der Waals surface area contributed by atoms with E-state index >= 15 is 0 Å². The van der Waals surface area contributed by atoms with E-state index in [1.165, 1.54) is 30.3 Å². The molecule has 2 amide bonds. The third kappa shape index (κ3) is 4.71. The van der Waals surface area contributed by atoms with E-state index in [0.29, 0.717) is 5.75 Å². The van der Waals surface area contributed by atoms with Crippen molar-refractivity contribution in [1.82, 2.24) is 15.6 Å². The quantitative estimate of drug-likeness (QED) is 0.491. The van der Waals surface area contributed by atoms with E-state index in [9.17, 15) is 18.0 Å². The lowest BCUT2D eigenvalue weighted by atomic mass is 10.2. The molecule has 1 heterocycles. The van der Waals surface area contributed by atoms with E-state index < -0.39 is 21.8 Å². The molecule has 32 heavy (non-hydrogen) atoms. The van der Waals surface area contributed by atoms with Crippen LogP contribution in [0.4, 0.5) is 0 Å². The summed E-state index contributed by atoms with van der Waals surface area (Å²) in [6.07, 6.45) is 0. The second kappa shape index (κ2) is 9.08. The van der Waals surface area contributed by atoms with E-state index in [1.54, 1.807) is 24.3 Å². The van der Waals surface area contributed by atoms with E-state index in [-0.39, 0.29) is 35.1 Å². The molecule has 0 unspecified atom stereocenters. The van der Waals surface area contributed by atoms with Crippen LogP contribution in [0.1, 0.15) is 26.3 Å². The highest BCUT2D eigenvalue weighted by Gasteiger charge is 2.22. The number of para-hydroxylation sites is 1. The van der Waals surface area contributed by atoms with Gasteiger partial charge in [0.05, 0.1) is 10.5 Å². The molecule has 0 spiro atoms. The molecule has 3 aromatic rings. The van der Waals surface area contributed by atoms with Crippen molar-refractivity contribution in [3.63, 3.8) is 0 Å². The highest BCUT2D eigenvalue weighted by atomic mass is 32.2. The van der Waals surface area contributed by atoms with Gasteiger partial charge in [-0.1, -0.05) is 42.5 Å². The van der Waals surface area contributed by atoms with E-state index in [0.717, 1.165) is 5.56 Å². The monoisotopic (exact) mass is 453 g/mol. The maximum Gasteiger partial charge on any atom is 0.273 e. The molecule has 0 saturated carbocycles. The average Bonchev–Trinajstić information content (AvgIpc) is 3.31. The number of amides is 2. The largest absolute Gasteiger partial charge is 0.454 e. The number of rotatable bonds is 6. The zero-order valence-corrected chi connectivity index (χ0v) is 17.5. The van der Waals surface area contributed by atoms with Gasteiger partial charge in [-0.15, -0.1) is 0 Å². The fourth-order valence-electron chi connectivity index (χ4n) is 3.02. The van der Waals surface area contributed by atoms with Crippen LogP contribution in [0.5, 0.6) is 11.5 Å². The number of carbonyl (C=O) groups is 2. The van der Waals surface area contributed by atoms with Crippen LogP contribution >= 0.6 is 0 Å². The molecule has 0 radical (unpaired) electrons. The van der Waals surface area contributed by atoms with Gasteiger partial charge in [0, 0.05) is 12.1 Å². The molecule has 1 aliphatic heterocycles. The van der Waals surface area contributed by atoms with Gasteiger partial charge in [-0.3, -0.25) is 20.4 Å². The second-order valence-electron chi connectivity index (χ2n) is 6.79. The third-order valence-corrected chi connectivity index (χ3v) is 6.05. The van der Waals surface area contributed by atoms with Crippen LogP contribution in [-0.2, 0) is 16.6 Å². The van der Waals surface area contributed by atoms with E-state index in [1.807, 2.05) is 18.2 Å². The Morgan fingerprint density at radius 3 is 2.41 bits per heavy atom. The Morgan fingerprint density at radius 1 is 0.844 bits per heavy atom. The summed E-state index contributed by atoms with van der Waals surface area (Å²) in [4.78, 5) is 24.8. The molecular formula is C22H19N3O6S. The van der Waals surface area contributed by atoms with Gasteiger partial charge in [0.25, 0.3) is 11.8 Å². The van der Waals surface area contributed by atoms with Crippen LogP contribution in [0.25, 0.3) is 0 Å². The maximum atomic E-state index is 12.6. The Kier molecular flexibility index (Phi) is 6.06. The molecule has 9 nitrogen and oxygen atoms in total. The molecule has 0 saturated heterocycles. The first-order valence-electron chi connectivity index (χ1n) is 9.57. The number of nitrogens with one attached hydrogen (secondary N) is 3. The number of benzene rings is 3. The van der Waals surface area contributed by atoms with Crippen LogP contribution in [0, 0.1) is 0 Å². The van der Waals surface area contributed by atoms with Gasteiger partial charge in [0.2, 0.25) is 16.8 Å². The van der Waals surface area contributed by atoms with Gasteiger partial charge >= 0.3 is 0 Å². The van der Waals surface area contributed by atoms with Gasteiger partial charge in [0.15, 0.2) is 11.5 Å². The summed E-state index contributed by atoms with van der Waals surface area (Å²) in [7, 11) is -3.84. The Morgan fingerprint density at radius 2 is 1.59 bits per heavy atom. The Bertz CT molecular complexity index is 1260. The van der Waals surface area contributed by atoms with Crippen molar-refractivity contribution in [2.24, 2.45) is 0 Å². The third-order valence-electron chi connectivity index (χ3n) is 4.65. The number of fused-ring (bicyclic) bond motifs is 1. The summed E-state index contributed by atoms with van der Waals surface area (Å²) in [6, 6.07) is 19.4. The van der Waals surface area contributed by atoms with Crippen molar-refractivity contribution in [1.29, 1.82) is 0 Å². The molecule has 4 rings (SSSR count). The Balaban J connectivity index is 1.41. The number of hydrogen-bond acceptors (Lipinski definition) is 6. The van der Waals surface area contributed by atoms with Crippen molar-refractivity contribution in [2.75, 3.05) is 6.79 Å². The van der Waals surface area contributed by atoms with Gasteiger partial charge in [-0.25, -0.2) is 13.1 Å². The first-order chi connectivity index (χ1) is 15.4. The highest BCUT2D eigenvalue weighted by molar-refractivity contribution is 7.89. The van der Waals surface area contributed by atoms with Crippen molar-refractivity contribution in [3.8, 4) is 11.5 Å². The fourth-order valence-corrected chi connectivity index (χ4v) is 4.09. The van der Waals surface area contributed by atoms with Crippen LogP contribution in [-0.4, -0.2) is 27.0 Å². The molecular weight excluding hydrogens is 434 g/mol. The fraction of sp³-hybridized carbons (Fsp3) is 0.0909. The molecule has 0 atom stereocenters. The molecule has 0 fully saturated rings. The summed E-state index contributed by atoms with van der Waals surface area (Å²) < 4.78 is 38.2. The van der Waals surface area contributed by atoms with Crippen molar-refractivity contribution < 1.29 is 27.5 Å². The molecule has 0 bridgehead atoms. The van der Waals surface area contributed by atoms with Gasteiger partial charge in [-0.2, -0.15) is 0 Å². The standard InChI is InChI=1S/C22H19N3O6S/c26-21(24-25-22(27)18-10-5-11-19-20(18)31-14-30-19)16-8-4-9-17(12-16)32(28,29)23-13-15-6-2-1-3-7-15/h1-12,23H,13-14H2,(H,24,26)(H,25,27). The number of carbonyl (C=O) groups excluding carboxylic acids is 2. The minimum absolute atomic E-state index is 0.00552.